The number of alkyl halides is 1. The van der Waals surface area contributed by atoms with Crippen molar-refractivity contribution in [2.75, 3.05) is 0 Å². The number of hydrogen-bond donors (Lipinski definition) is 0. The first-order valence-corrected chi connectivity index (χ1v) is 8.77. The number of sulfone groups is 1. The molecule has 4 rings (SSSR count). The topological polar surface area (TPSA) is 34.1 Å². The van der Waals surface area contributed by atoms with Crippen LogP contribution in [-0.4, -0.2) is 22.2 Å². The molecule has 4 bridgehead atoms. The summed E-state index contributed by atoms with van der Waals surface area (Å²) in [5.41, 5.74) is -0.239. The second-order valence-electron chi connectivity index (χ2n) is 6.42. The quantitative estimate of drug-likeness (QED) is 0.547. The normalized spacial score (nSPS) is 62.3. The van der Waals surface area contributed by atoms with Crippen molar-refractivity contribution in [3.63, 3.8) is 0 Å². The molecule has 2 heterocycles. The van der Waals surface area contributed by atoms with Gasteiger partial charge in [0.1, 0.15) is 0 Å². The Hall–Kier alpha value is -0.0100. The Bertz CT molecular complexity index is 615. The fraction of sp³-hybridized carbons (Fsp3) is 0.857. The Morgan fingerprint density at radius 2 is 1.83 bits per heavy atom. The van der Waals surface area contributed by atoms with Gasteiger partial charge in [-0.2, -0.15) is 0 Å². The lowest BCUT2D eigenvalue weighted by Gasteiger charge is -2.28. The lowest BCUT2D eigenvalue weighted by Crippen LogP contribution is -2.39. The molecule has 4 fully saturated rings. The van der Waals surface area contributed by atoms with E-state index in [1.807, 2.05) is 13.8 Å². The van der Waals surface area contributed by atoms with E-state index in [9.17, 15) is 8.42 Å². The van der Waals surface area contributed by atoms with Crippen molar-refractivity contribution in [1.29, 1.82) is 0 Å². The van der Waals surface area contributed by atoms with Crippen LogP contribution in [0.2, 0.25) is 0 Å². The van der Waals surface area contributed by atoms with Crippen molar-refractivity contribution in [3.05, 3.63) is 0 Å². The molecule has 2 saturated carbocycles. The summed E-state index contributed by atoms with van der Waals surface area (Å²) in [4.78, 5) is 0. The highest BCUT2D eigenvalue weighted by molar-refractivity contribution is 9.10. The zero-order valence-electron chi connectivity index (χ0n) is 11.5. The van der Waals surface area contributed by atoms with Crippen molar-refractivity contribution < 1.29 is 8.42 Å². The second-order valence-corrected chi connectivity index (χ2v) is 10.4. The van der Waals surface area contributed by atoms with Gasteiger partial charge in [-0.15, -0.1) is 5.92 Å². The van der Waals surface area contributed by atoms with E-state index in [-0.39, 0.29) is 21.6 Å². The van der Waals surface area contributed by atoms with Gasteiger partial charge in [0.25, 0.3) is 0 Å². The van der Waals surface area contributed by atoms with Crippen molar-refractivity contribution in [2.45, 2.75) is 54.9 Å². The van der Waals surface area contributed by atoms with Crippen molar-refractivity contribution >= 4 is 25.8 Å². The van der Waals surface area contributed by atoms with Crippen LogP contribution in [0.4, 0.5) is 0 Å². The van der Waals surface area contributed by atoms with Gasteiger partial charge in [0.05, 0.1) is 13.8 Å². The fourth-order valence-corrected chi connectivity index (χ4v) is 12.0. The predicted molar refractivity (Wildman–Crippen MR) is 76.2 cm³/mol. The third-order valence-corrected chi connectivity index (χ3v) is 12.4. The summed E-state index contributed by atoms with van der Waals surface area (Å²) in [6, 6.07) is 0. The zero-order valence-corrected chi connectivity index (χ0v) is 13.9. The molecule has 18 heavy (non-hydrogen) atoms. The molecule has 0 aromatic heterocycles. The molecule has 0 aromatic rings. The third kappa shape index (κ3) is 0.693. The van der Waals surface area contributed by atoms with E-state index in [2.05, 4.69) is 41.6 Å². The van der Waals surface area contributed by atoms with Gasteiger partial charge in [0.2, 0.25) is 0 Å². The van der Waals surface area contributed by atoms with E-state index in [0.29, 0.717) is 0 Å². The van der Waals surface area contributed by atoms with E-state index in [0.717, 1.165) is 6.42 Å². The van der Waals surface area contributed by atoms with E-state index in [4.69, 9.17) is 0 Å². The average molecular weight is 331 g/mol. The van der Waals surface area contributed by atoms with Crippen LogP contribution in [0.1, 0.15) is 41.0 Å². The first kappa shape index (κ1) is 13.0. The molecular weight excluding hydrogens is 312 g/mol. The highest BCUT2D eigenvalue weighted by atomic mass is 79.9. The zero-order chi connectivity index (χ0) is 13.8. The first-order valence-electron chi connectivity index (χ1n) is 6.49. The van der Waals surface area contributed by atoms with Gasteiger partial charge >= 0.3 is 0 Å². The van der Waals surface area contributed by atoms with Crippen LogP contribution in [0.25, 0.3) is 0 Å². The van der Waals surface area contributed by atoms with E-state index in [1.165, 1.54) is 0 Å². The SMILES string of the molecule is CC#C[C@@H]1[C@]2(C)[C@@]3(Br)[C@@H](CC)[C@@]1(C)S(=O)(=O)[C@]23C. The summed E-state index contributed by atoms with van der Waals surface area (Å²) >= 11 is 3.84. The van der Waals surface area contributed by atoms with Crippen molar-refractivity contribution in [1.82, 2.24) is 0 Å². The maximum absolute atomic E-state index is 13.0. The maximum Gasteiger partial charge on any atom is 0.164 e. The van der Waals surface area contributed by atoms with Gasteiger partial charge in [-0.3, -0.25) is 0 Å². The van der Waals surface area contributed by atoms with Crippen LogP contribution >= 0.6 is 15.9 Å². The molecule has 0 unspecified atom stereocenters. The largest absolute Gasteiger partial charge is 0.228 e. The Labute approximate surface area is 118 Å². The minimum absolute atomic E-state index is 0.0469. The minimum Gasteiger partial charge on any atom is -0.228 e. The Balaban J connectivity index is 2.40. The number of halogens is 1. The van der Waals surface area contributed by atoms with E-state index >= 15 is 0 Å². The lowest BCUT2D eigenvalue weighted by atomic mass is 9.79. The van der Waals surface area contributed by atoms with E-state index < -0.39 is 19.3 Å². The standard InChI is InChI=1S/C14H19BrO2S/c1-6-8-10-11(3)9(7-2)14(15)12(10,4)13(14,5)18(11,16)17/h9-10H,7H2,1-5H3/t9-,10-,11+,12-,13+,14-/m0/s1. The molecule has 6 atom stereocenters. The van der Waals surface area contributed by atoms with Crippen LogP contribution in [0, 0.1) is 29.1 Å². The monoisotopic (exact) mass is 330 g/mol. The van der Waals surface area contributed by atoms with Crippen LogP contribution in [0.15, 0.2) is 0 Å². The smallest absolute Gasteiger partial charge is 0.164 e. The molecule has 0 amide bonds. The summed E-state index contributed by atoms with van der Waals surface area (Å²) in [6.45, 7) is 9.84. The summed E-state index contributed by atoms with van der Waals surface area (Å²) < 4.78 is 24.4. The van der Waals surface area contributed by atoms with Crippen molar-refractivity contribution in [2.24, 2.45) is 17.3 Å². The first-order chi connectivity index (χ1) is 8.14. The average Bonchev–Trinajstić information content (AvgIpc) is 2.51. The molecule has 0 aromatic carbocycles. The Morgan fingerprint density at radius 1 is 1.28 bits per heavy atom. The Morgan fingerprint density at radius 3 is 2.17 bits per heavy atom. The molecule has 4 heteroatoms. The van der Waals surface area contributed by atoms with Crippen LogP contribution in [0.5, 0.6) is 0 Å². The van der Waals surface area contributed by atoms with Gasteiger partial charge in [-0.25, -0.2) is 8.42 Å². The lowest BCUT2D eigenvalue weighted by molar-refractivity contribution is 0.353. The molecule has 2 aliphatic heterocycles. The Kier molecular flexibility index (Phi) is 2.06. The van der Waals surface area contributed by atoms with Gasteiger partial charge < -0.3 is 0 Å². The molecule has 100 valence electrons. The summed E-state index contributed by atoms with van der Waals surface area (Å²) in [6.07, 6.45) is 0.883. The van der Waals surface area contributed by atoms with Crippen LogP contribution < -0.4 is 0 Å². The summed E-state index contributed by atoms with van der Waals surface area (Å²) in [5, 5.41) is 0. The molecule has 0 radical (unpaired) electrons. The molecule has 0 N–H and O–H groups in total. The van der Waals surface area contributed by atoms with Crippen LogP contribution in [0.3, 0.4) is 0 Å². The molecule has 2 nitrogen and oxygen atoms in total. The molecule has 0 spiro atoms. The highest BCUT2D eigenvalue weighted by Gasteiger charge is 3.05. The molecule has 2 aliphatic carbocycles. The minimum atomic E-state index is -3.15. The summed E-state index contributed by atoms with van der Waals surface area (Å²) in [5.74, 6) is 6.29. The van der Waals surface area contributed by atoms with Crippen LogP contribution in [-0.2, 0) is 9.84 Å². The molecule has 4 aliphatic rings. The molecular formula is C14H19BrO2S. The number of rotatable bonds is 1. The van der Waals surface area contributed by atoms with Gasteiger partial charge in [-0.05, 0) is 26.7 Å². The predicted octanol–water partition coefficient (Wildman–Crippen LogP) is 2.77. The third-order valence-electron chi connectivity index (χ3n) is 6.51. The fourth-order valence-electron chi connectivity index (χ4n) is 5.61. The number of hydrogen-bond acceptors (Lipinski definition) is 2. The van der Waals surface area contributed by atoms with Gasteiger partial charge in [0, 0.05) is 11.3 Å². The van der Waals surface area contributed by atoms with E-state index in [1.54, 1.807) is 6.92 Å². The molecule has 2 saturated heterocycles. The van der Waals surface area contributed by atoms with Crippen molar-refractivity contribution in [3.8, 4) is 11.8 Å². The van der Waals surface area contributed by atoms with Gasteiger partial charge in [-0.1, -0.05) is 42.1 Å². The maximum atomic E-state index is 13.0. The summed E-state index contributed by atoms with van der Waals surface area (Å²) in [7, 11) is -3.15. The highest BCUT2D eigenvalue weighted by Crippen LogP contribution is 2.94. The van der Waals surface area contributed by atoms with Gasteiger partial charge in [0.15, 0.2) is 9.84 Å². The second kappa shape index (κ2) is 2.86.